The van der Waals surface area contributed by atoms with Gasteiger partial charge in [0, 0.05) is 25.2 Å². The van der Waals surface area contributed by atoms with Crippen LogP contribution < -0.4 is 5.32 Å². The molecule has 1 N–H and O–H groups in total. The Kier molecular flexibility index (Phi) is 6.09. The van der Waals surface area contributed by atoms with Crippen LogP contribution in [0.5, 0.6) is 0 Å². The van der Waals surface area contributed by atoms with Crippen molar-refractivity contribution in [2.45, 2.75) is 33.6 Å². The van der Waals surface area contributed by atoms with E-state index in [-0.39, 0.29) is 5.91 Å². The number of hydrogen-bond acceptors (Lipinski definition) is 2. The highest BCUT2D eigenvalue weighted by Crippen LogP contribution is 2.19. The number of nitrogens with one attached hydrogen (secondary N) is 1. The molecule has 0 saturated heterocycles. The number of carbonyl (C=O) groups excluding carboxylic acids is 1. The van der Waals surface area contributed by atoms with Crippen molar-refractivity contribution in [2.24, 2.45) is 13.0 Å². The minimum absolute atomic E-state index is 0.0944. The molecule has 4 nitrogen and oxygen atoms in total. The summed E-state index contributed by atoms with van der Waals surface area (Å²) < 4.78 is 1.59. The Morgan fingerprint density at radius 3 is 2.74 bits per heavy atom. The second-order valence-electron chi connectivity index (χ2n) is 5.07. The van der Waals surface area contributed by atoms with Crippen molar-refractivity contribution in [1.82, 2.24) is 15.1 Å². The molecule has 0 aliphatic rings. The van der Waals surface area contributed by atoms with E-state index < -0.39 is 0 Å². The van der Waals surface area contributed by atoms with Crippen LogP contribution >= 0.6 is 11.6 Å². The SMILES string of the molecule is Cc1nn(C)c(Cl)c1C=CC(=O)NCCCC(C)C. The van der Waals surface area contributed by atoms with Crippen LogP contribution in [0.2, 0.25) is 5.15 Å². The van der Waals surface area contributed by atoms with E-state index in [0.29, 0.717) is 17.6 Å². The van der Waals surface area contributed by atoms with Crippen LogP contribution in [0, 0.1) is 12.8 Å². The predicted octanol–water partition coefficient (Wildman–Crippen LogP) is 2.95. The lowest BCUT2D eigenvalue weighted by Crippen LogP contribution is -2.22. The molecule has 0 fully saturated rings. The summed E-state index contributed by atoms with van der Waals surface area (Å²) in [6.07, 6.45) is 5.34. The van der Waals surface area contributed by atoms with E-state index in [1.54, 1.807) is 17.8 Å². The topological polar surface area (TPSA) is 46.9 Å². The van der Waals surface area contributed by atoms with Crippen LogP contribution in [-0.2, 0) is 11.8 Å². The maximum atomic E-state index is 11.6. The third-order valence-corrected chi connectivity index (χ3v) is 3.30. The minimum atomic E-state index is -0.0944. The maximum Gasteiger partial charge on any atom is 0.244 e. The van der Waals surface area contributed by atoms with Crippen molar-refractivity contribution in [1.29, 1.82) is 0 Å². The number of carbonyl (C=O) groups is 1. The summed E-state index contributed by atoms with van der Waals surface area (Å²) >= 11 is 6.08. The average Bonchev–Trinajstić information content (AvgIpc) is 2.57. The van der Waals surface area contributed by atoms with Gasteiger partial charge in [-0.3, -0.25) is 9.48 Å². The average molecular weight is 284 g/mol. The second-order valence-corrected chi connectivity index (χ2v) is 5.43. The number of amides is 1. The highest BCUT2D eigenvalue weighted by atomic mass is 35.5. The molecule has 1 rings (SSSR count). The number of aromatic nitrogens is 2. The summed E-state index contributed by atoms with van der Waals surface area (Å²) in [6.45, 7) is 6.93. The zero-order chi connectivity index (χ0) is 14.4. The first-order chi connectivity index (χ1) is 8.91. The first-order valence-corrected chi connectivity index (χ1v) is 6.94. The monoisotopic (exact) mass is 283 g/mol. The van der Waals surface area contributed by atoms with Gasteiger partial charge in [0.15, 0.2) is 0 Å². The lowest BCUT2D eigenvalue weighted by Gasteiger charge is -2.04. The Morgan fingerprint density at radius 1 is 1.53 bits per heavy atom. The molecule has 0 atom stereocenters. The second kappa shape index (κ2) is 7.34. The molecule has 1 amide bonds. The molecule has 0 saturated carbocycles. The molecule has 0 aliphatic carbocycles. The van der Waals surface area contributed by atoms with E-state index >= 15 is 0 Å². The number of aryl methyl sites for hydroxylation is 2. The van der Waals surface area contributed by atoms with Crippen molar-refractivity contribution in [3.63, 3.8) is 0 Å². The molecular formula is C14H22ClN3O. The molecule has 1 heterocycles. The molecule has 0 aromatic carbocycles. The molecule has 0 bridgehead atoms. The van der Waals surface area contributed by atoms with E-state index in [0.717, 1.165) is 24.1 Å². The number of nitrogens with zero attached hydrogens (tertiary/aromatic N) is 2. The Labute approximate surface area is 119 Å². The molecule has 1 aromatic rings. The minimum Gasteiger partial charge on any atom is -0.353 e. The quantitative estimate of drug-likeness (QED) is 0.644. The lowest BCUT2D eigenvalue weighted by atomic mass is 10.1. The van der Waals surface area contributed by atoms with Gasteiger partial charge in [0.05, 0.1) is 5.69 Å². The highest BCUT2D eigenvalue weighted by Gasteiger charge is 2.08. The van der Waals surface area contributed by atoms with Crippen LogP contribution in [0.1, 0.15) is 37.9 Å². The predicted molar refractivity (Wildman–Crippen MR) is 79.1 cm³/mol. The Hall–Kier alpha value is -1.29. The smallest absolute Gasteiger partial charge is 0.244 e. The first kappa shape index (κ1) is 15.8. The molecule has 0 spiro atoms. The van der Waals surface area contributed by atoms with Crippen LogP contribution in [0.25, 0.3) is 6.08 Å². The van der Waals surface area contributed by atoms with Gasteiger partial charge in [-0.1, -0.05) is 25.4 Å². The fraction of sp³-hybridized carbons (Fsp3) is 0.571. The summed E-state index contributed by atoms with van der Waals surface area (Å²) in [5, 5.41) is 7.59. The molecule has 1 aromatic heterocycles. The highest BCUT2D eigenvalue weighted by molar-refractivity contribution is 6.31. The van der Waals surface area contributed by atoms with Gasteiger partial charge in [-0.25, -0.2) is 0 Å². The van der Waals surface area contributed by atoms with Gasteiger partial charge in [-0.15, -0.1) is 0 Å². The van der Waals surface area contributed by atoms with Gasteiger partial charge >= 0.3 is 0 Å². The Balaban J connectivity index is 2.45. The Bertz CT molecular complexity index is 464. The van der Waals surface area contributed by atoms with Gasteiger partial charge in [-0.05, 0) is 31.8 Å². The van der Waals surface area contributed by atoms with E-state index in [1.165, 1.54) is 6.08 Å². The van der Waals surface area contributed by atoms with Crippen molar-refractivity contribution in [3.05, 3.63) is 22.5 Å². The standard InChI is InChI=1S/C14H22ClN3O/c1-10(2)6-5-9-16-13(19)8-7-12-11(3)17-18(4)14(12)15/h7-8,10H,5-6,9H2,1-4H3,(H,16,19). The number of hydrogen-bond donors (Lipinski definition) is 1. The van der Waals surface area contributed by atoms with Gasteiger partial charge in [0.25, 0.3) is 0 Å². The fourth-order valence-electron chi connectivity index (χ4n) is 1.78. The summed E-state index contributed by atoms with van der Waals surface area (Å²) in [7, 11) is 1.78. The molecule has 5 heteroatoms. The van der Waals surface area contributed by atoms with E-state index in [9.17, 15) is 4.79 Å². The van der Waals surface area contributed by atoms with Crippen LogP contribution in [0.15, 0.2) is 6.08 Å². The van der Waals surface area contributed by atoms with E-state index in [4.69, 9.17) is 11.6 Å². The summed E-state index contributed by atoms with van der Waals surface area (Å²) in [5.74, 6) is 0.576. The molecular weight excluding hydrogens is 262 g/mol. The maximum absolute atomic E-state index is 11.6. The van der Waals surface area contributed by atoms with Crippen molar-refractivity contribution >= 4 is 23.6 Å². The van der Waals surface area contributed by atoms with Gasteiger partial charge in [0.2, 0.25) is 5.91 Å². The van der Waals surface area contributed by atoms with Gasteiger partial charge in [-0.2, -0.15) is 5.10 Å². The number of rotatable bonds is 6. The third-order valence-electron chi connectivity index (χ3n) is 2.86. The molecule has 0 radical (unpaired) electrons. The summed E-state index contributed by atoms with van der Waals surface area (Å²) in [5.41, 5.74) is 1.61. The van der Waals surface area contributed by atoms with Crippen molar-refractivity contribution < 1.29 is 4.79 Å². The molecule has 106 valence electrons. The molecule has 0 aliphatic heterocycles. The van der Waals surface area contributed by atoms with Crippen LogP contribution in [0.4, 0.5) is 0 Å². The van der Waals surface area contributed by atoms with Crippen molar-refractivity contribution in [2.75, 3.05) is 6.54 Å². The third kappa shape index (κ3) is 5.07. The van der Waals surface area contributed by atoms with Crippen LogP contribution in [-0.4, -0.2) is 22.2 Å². The Morgan fingerprint density at radius 2 is 2.21 bits per heavy atom. The zero-order valence-electron chi connectivity index (χ0n) is 12.0. The van der Waals surface area contributed by atoms with Crippen molar-refractivity contribution in [3.8, 4) is 0 Å². The first-order valence-electron chi connectivity index (χ1n) is 6.56. The molecule has 0 unspecified atom stereocenters. The largest absolute Gasteiger partial charge is 0.353 e. The summed E-state index contributed by atoms with van der Waals surface area (Å²) in [4.78, 5) is 11.6. The van der Waals surface area contributed by atoms with Crippen LogP contribution in [0.3, 0.4) is 0 Å². The number of halogens is 1. The normalized spacial score (nSPS) is 11.5. The fourth-order valence-corrected chi connectivity index (χ4v) is 2.01. The van der Waals surface area contributed by atoms with Gasteiger partial charge < -0.3 is 5.32 Å². The van der Waals surface area contributed by atoms with Gasteiger partial charge in [0.1, 0.15) is 5.15 Å². The van der Waals surface area contributed by atoms with E-state index in [2.05, 4.69) is 24.3 Å². The lowest BCUT2D eigenvalue weighted by molar-refractivity contribution is -0.116. The summed E-state index contributed by atoms with van der Waals surface area (Å²) in [6, 6.07) is 0. The molecule has 19 heavy (non-hydrogen) atoms. The van der Waals surface area contributed by atoms with E-state index in [1.807, 2.05) is 6.92 Å². The zero-order valence-corrected chi connectivity index (χ0v) is 12.8.